The number of ether oxygens (including phenoxy) is 6. The molecule has 10 atom stereocenters. The lowest BCUT2D eigenvalue weighted by molar-refractivity contribution is -0.142. The summed E-state index contributed by atoms with van der Waals surface area (Å²) in [6.45, 7) is 13.5. The van der Waals surface area contributed by atoms with Gasteiger partial charge in [0.25, 0.3) is 0 Å². The predicted molar refractivity (Wildman–Crippen MR) is 508 cm³/mol. The Morgan fingerprint density at radius 1 is 0.467 bits per heavy atom. The number of rotatable bonds is 63. The molecular formula is C95H133ClN18O23. The van der Waals surface area contributed by atoms with E-state index in [1.165, 1.54) is 69.6 Å². The van der Waals surface area contributed by atoms with Crippen molar-refractivity contribution < 1.29 is 110 Å². The molecule has 18 N–H and O–H groups in total. The number of primary amides is 1. The van der Waals surface area contributed by atoms with Crippen LogP contribution >= 0.6 is 11.6 Å². The Kier molecular flexibility index (Phi) is 50.2. The summed E-state index contributed by atoms with van der Waals surface area (Å²) < 4.78 is 33.2. The SMILES string of the molecule is CONC(=O)NCCOCCOCCOCCOCCOCCOCCC(=O)Nc1ccc(C[C@@H](NC(=O)[C@H](Cc2ccc(NC(=O)NOC)cc2)NC(=O)[C@H](CO)NC(=O)[C@@H](Cc2cccnc2)NC(=O)[C@@H](Cc2ccc(Cl)cc2)NC(=O)[C@@H](Cc2ccc3ccccc3c2)NC(C)=O)C(=O)N[C@@H](CC(C)C)C(=O)N[C@@H](CCCCNC(C)C)C(=O)N2CCC[C@H]2C(=O)N[C@H](C)C(N)=O)cc1. The van der Waals surface area contributed by atoms with Crippen LogP contribution in [-0.4, -0.2) is 284 Å². The Balaban J connectivity index is 1.12. The topological polar surface area (TPSA) is 556 Å². The first kappa shape index (κ1) is 112. The largest absolute Gasteiger partial charge is 0.394 e. The second kappa shape index (κ2) is 61.6. The summed E-state index contributed by atoms with van der Waals surface area (Å²) >= 11 is 6.30. The number of aliphatic hydroxyl groups excluding tert-OH is 1. The summed E-state index contributed by atoms with van der Waals surface area (Å²) in [5.41, 5.74) is 12.7. The third-order valence-electron chi connectivity index (χ3n) is 21.4. The van der Waals surface area contributed by atoms with Crippen molar-refractivity contribution in [2.75, 3.05) is 130 Å². The van der Waals surface area contributed by atoms with E-state index in [0.717, 1.165) is 10.8 Å². The van der Waals surface area contributed by atoms with E-state index in [1.807, 2.05) is 56.3 Å². The molecule has 1 aliphatic heterocycles. The number of pyridine rings is 1. The Morgan fingerprint density at radius 3 is 1.41 bits per heavy atom. The minimum atomic E-state index is -1.91. The van der Waals surface area contributed by atoms with Gasteiger partial charge in [-0.15, -0.1) is 0 Å². The molecule has 5 aromatic carbocycles. The normalized spacial score (nSPS) is 14.3. The molecule has 1 fully saturated rings. The number of anilines is 2. The van der Waals surface area contributed by atoms with Crippen LogP contribution in [0.25, 0.3) is 10.8 Å². The smallest absolute Gasteiger partial charge is 0.343 e. The maximum absolute atomic E-state index is 15.6. The fourth-order valence-electron chi connectivity index (χ4n) is 14.4. The second-order valence-corrected chi connectivity index (χ2v) is 33.7. The molecule has 0 spiro atoms. The third-order valence-corrected chi connectivity index (χ3v) is 21.7. The standard InChI is InChI=1S/C95H133ClN18O23/c1-60(2)51-75(85(119)105-74(18-11-12-36-99-61(3)4)93(127)114-38-14-19-82(114)92(126)101-62(5)84(97)118)106-87(121)78(54-65-23-30-72(31-24-65)103-83(117)34-39-132-41-43-134-45-47-136-49-50-137-48-46-135-44-42-133-40-37-100-94(128)112-130-7)108-89(123)79(55-66-25-32-73(33-26-66)104-95(129)113-131-8)110-91(125)81(59-115)111-90(124)80(57-68-15-13-35-98-58-68)109-88(122)77(53-64-21-28-71(96)29-22-64)107-86(120)76(102-63(6)116)56-67-20-27-69-16-9-10-17-70(69)52-67/h9-10,13,15-17,20-33,35,52,58,60-62,74-82,99,115H,11-12,14,18-19,34,36-51,53-57,59H2,1-8H3,(H2,97,118)(H,101,126)(H,102,116)(H,103,117)(H,105,119)(H,106,121)(H,107,120)(H,108,123)(H,109,122)(H,110,125)(H,111,124)(H2,100,112,128)(H2,104,113,129)/t62-,74+,75+,76-,77-,78-,79+,80-,81+,82+/m1/s1. The highest BCUT2D eigenvalue weighted by molar-refractivity contribution is 6.30. The van der Waals surface area contributed by atoms with Crippen LogP contribution in [0.1, 0.15) is 114 Å². The van der Waals surface area contributed by atoms with Crippen molar-refractivity contribution in [1.82, 2.24) is 79.3 Å². The number of nitrogens with zero attached hydrogens (tertiary/aromatic N) is 2. The summed E-state index contributed by atoms with van der Waals surface area (Å²) in [7, 11) is 2.56. The van der Waals surface area contributed by atoms with Crippen LogP contribution < -0.4 is 85.8 Å². The van der Waals surface area contributed by atoms with Gasteiger partial charge in [-0.05, 0) is 139 Å². The molecule has 7 rings (SSSR count). The van der Waals surface area contributed by atoms with Gasteiger partial charge >= 0.3 is 12.1 Å². The van der Waals surface area contributed by atoms with Gasteiger partial charge < -0.3 is 113 Å². The molecular weight excluding hydrogens is 1800 g/mol. The highest BCUT2D eigenvalue weighted by atomic mass is 35.5. The molecule has 6 aromatic rings. The van der Waals surface area contributed by atoms with Gasteiger partial charge in [0.2, 0.25) is 70.9 Å². The molecule has 748 valence electrons. The molecule has 0 bridgehead atoms. The van der Waals surface area contributed by atoms with Crippen molar-refractivity contribution in [2.45, 2.75) is 185 Å². The van der Waals surface area contributed by atoms with Gasteiger partial charge in [0.05, 0.1) is 107 Å². The number of nitrogens with two attached hydrogens (primary N) is 1. The summed E-state index contributed by atoms with van der Waals surface area (Å²) in [5.74, 6) is -9.84. The maximum Gasteiger partial charge on any atom is 0.343 e. The number of hydrogen-bond donors (Lipinski definition) is 17. The molecule has 2 heterocycles. The average Bonchev–Trinajstić information content (AvgIpc) is 1.70. The molecule has 1 saturated heterocycles. The van der Waals surface area contributed by atoms with Gasteiger partial charge in [0, 0.05) is 87.0 Å². The first-order chi connectivity index (χ1) is 65.9. The van der Waals surface area contributed by atoms with Crippen molar-refractivity contribution in [3.05, 3.63) is 173 Å². The minimum Gasteiger partial charge on any atom is -0.394 e. The molecule has 42 heteroatoms. The predicted octanol–water partition coefficient (Wildman–Crippen LogP) is 2.46. The zero-order valence-electron chi connectivity index (χ0n) is 78.8. The van der Waals surface area contributed by atoms with Crippen molar-refractivity contribution in [2.24, 2.45) is 11.7 Å². The highest BCUT2D eigenvalue weighted by Gasteiger charge is 2.41. The Hall–Kier alpha value is -12.4. The molecule has 137 heavy (non-hydrogen) atoms. The van der Waals surface area contributed by atoms with Crippen LogP contribution in [0.2, 0.25) is 5.02 Å². The second-order valence-electron chi connectivity index (χ2n) is 33.3. The molecule has 1 aliphatic rings. The molecule has 41 nitrogen and oxygen atoms in total. The van der Waals surface area contributed by atoms with E-state index in [0.29, 0.717) is 124 Å². The number of aliphatic hydroxyl groups is 1. The van der Waals surface area contributed by atoms with Crippen molar-refractivity contribution >= 4 is 117 Å². The quantitative estimate of drug-likeness (QED) is 0.0193. The van der Waals surface area contributed by atoms with Crippen LogP contribution in [0, 0.1) is 5.92 Å². The number of nitrogens with one attached hydrogen (secondary N) is 15. The number of carbonyl (C=O) groups is 14. The van der Waals surface area contributed by atoms with E-state index in [9.17, 15) is 43.5 Å². The van der Waals surface area contributed by atoms with E-state index in [1.54, 1.807) is 74.5 Å². The monoisotopic (exact) mass is 1930 g/mol. The number of amides is 16. The summed E-state index contributed by atoms with van der Waals surface area (Å²) in [6, 6.07) is 19.8. The zero-order chi connectivity index (χ0) is 99.4. The third kappa shape index (κ3) is 42.4. The van der Waals surface area contributed by atoms with Crippen molar-refractivity contribution in [3.8, 4) is 0 Å². The lowest BCUT2D eigenvalue weighted by Crippen LogP contribution is -2.62. The molecule has 1 aromatic heterocycles. The van der Waals surface area contributed by atoms with Crippen molar-refractivity contribution in [3.63, 3.8) is 0 Å². The number of unbranched alkanes of at least 4 members (excludes halogenated alkanes) is 1. The maximum atomic E-state index is 15.6. The first-order valence-corrected chi connectivity index (χ1v) is 46.1. The molecule has 0 radical (unpaired) electrons. The molecule has 0 aliphatic carbocycles. The lowest BCUT2D eigenvalue weighted by atomic mass is 9.99. The number of carbonyl (C=O) groups excluding carboxylic acids is 14. The molecule has 0 unspecified atom stereocenters. The van der Waals surface area contributed by atoms with Crippen LogP contribution in [0.15, 0.2) is 140 Å². The summed E-state index contributed by atoms with van der Waals surface area (Å²) in [6.07, 6.45) is 3.45. The fourth-order valence-corrected chi connectivity index (χ4v) is 14.6. The Labute approximate surface area is 802 Å². The van der Waals surface area contributed by atoms with Crippen LogP contribution in [0.3, 0.4) is 0 Å². The van der Waals surface area contributed by atoms with Gasteiger partial charge in [-0.2, -0.15) is 0 Å². The summed E-state index contributed by atoms with van der Waals surface area (Å²) in [4.78, 5) is 212. The van der Waals surface area contributed by atoms with E-state index >= 15 is 28.8 Å². The van der Waals surface area contributed by atoms with Crippen molar-refractivity contribution in [1.29, 1.82) is 0 Å². The fraction of sp³-hybridized carbons (Fsp3) is 0.505. The van der Waals surface area contributed by atoms with E-state index in [2.05, 4.69) is 89.9 Å². The van der Waals surface area contributed by atoms with E-state index in [-0.39, 0.29) is 102 Å². The molecule has 16 amide bonds. The number of hydrogen-bond acceptors (Lipinski definition) is 25. The van der Waals surface area contributed by atoms with Gasteiger partial charge in [-0.1, -0.05) is 124 Å². The van der Waals surface area contributed by atoms with Gasteiger partial charge in [0.1, 0.15) is 60.4 Å². The van der Waals surface area contributed by atoms with Gasteiger partial charge in [-0.25, -0.2) is 20.5 Å². The number of fused-ring (bicyclic) bond motifs is 1. The lowest BCUT2D eigenvalue weighted by Gasteiger charge is -2.31. The van der Waals surface area contributed by atoms with Crippen LogP contribution in [0.4, 0.5) is 21.0 Å². The average molecular weight is 1930 g/mol. The van der Waals surface area contributed by atoms with Gasteiger partial charge in [0.15, 0.2) is 0 Å². The minimum absolute atomic E-state index is 0.00732. The number of benzene rings is 5. The zero-order valence-corrected chi connectivity index (χ0v) is 79.5. The first-order valence-electron chi connectivity index (χ1n) is 45.7. The number of urea groups is 2. The van der Waals surface area contributed by atoms with E-state index < -0.39 is 156 Å². The van der Waals surface area contributed by atoms with E-state index in [4.69, 9.17) is 50.6 Å². The Bertz CT molecular complexity index is 4820. The number of halogens is 1. The van der Waals surface area contributed by atoms with Crippen LogP contribution in [-0.2, 0) is 128 Å². The van der Waals surface area contributed by atoms with Gasteiger partial charge in [-0.3, -0.25) is 72.2 Å². The highest BCUT2D eigenvalue weighted by Crippen LogP contribution is 2.24. The number of hydroxylamine groups is 2. The number of likely N-dealkylation sites (tertiary alicyclic amines) is 1. The summed E-state index contributed by atoms with van der Waals surface area (Å²) in [5, 5.41) is 49.2. The Morgan fingerprint density at radius 2 is 0.912 bits per heavy atom. The number of aromatic nitrogens is 1. The van der Waals surface area contributed by atoms with Crippen LogP contribution in [0.5, 0.6) is 0 Å². The molecule has 0 saturated carbocycles.